The third-order valence-corrected chi connectivity index (χ3v) is 2.68. The number of fused-ring (bicyclic) bond motifs is 1. The van der Waals surface area contributed by atoms with Crippen molar-refractivity contribution in [1.82, 2.24) is 0 Å². The Bertz CT molecular complexity index is 318. The Labute approximate surface area is 85.7 Å². The van der Waals surface area contributed by atoms with Crippen LogP contribution < -0.4 is 10.6 Å². The fourth-order valence-electron chi connectivity index (χ4n) is 2.14. The Morgan fingerprint density at radius 2 is 2.14 bits per heavy atom. The summed E-state index contributed by atoms with van der Waals surface area (Å²) in [6.07, 6.45) is 0. The molecule has 14 heavy (non-hydrogen) atoms. The average Bonchev–Trinajstić information content (AvgIpc) is 2.44. The summed E-state index contributed by atoms with van der Waals surface area (Å²) < 4.78 is 0. The van der Waals surface area contributed by atoms with Crippen molar-refractivity contribution in [3.63, 3.8) is 0 Å². The highest BCUT2D eigenvalue weighted by Crippen LogP contribution is 2.33. The van der Waals surface area contributed by atoms with Gasteiger partial charge in [0.1, 0.15) is 0 Å². The van der Waals surface area contributed by atoms with Gasteiger partial charge in [0.15, 0.2) is 0 Å². The predicted octanol–water partition coefficient (Wildman–Crippen LogP) is 2.16. The van der Waals surface area contributed by atoms with Gasteiger partial charge in [-0.1, -0.05) is 32.0 Å². The number of para-hydroxylation sites is 1. The molecule has 0 saturated carbocycles. The van der Waals surface area contributed by atoms with E-state index in [9.17, 15) is 0 Å². The molecule has 1 aliphatic heterocycles. The summed E-state index contributed by atoms with van der Waals surface area (Å²) in [6.45, 7) is 6.56. The quantitative estimate of drug-likeness (QED) is 0.774. The summed E-state index contributed by atoms with van der Waals surface area (Å²) in [7, 11) is 0. The van der Waals surface area contributed by atoms with E-state index in [2.05, 4.69) is 43.0 Å². The molecule has 1 heterocycles. The second kappa shape index (κ2) is 3.62. The van der Waals surface area contributed by atoms with E-state index in [0.29, 0.717) is 5.92 Å². The highest BCUT2D eigenvalue weighted by Gasteiger charge is 2.25. The van der Waals surface area contributed by atoms with Gasteiger partial charge >= 0.3 is 0 Å². The first-order valence-electron chi connectivity index (χ1n) is 5.28. The molecular weight excluding hydrogens is 172 g/mol. The fourth-order valence-corrected chi connectivity index (χ4v) is 2.14. The molecule has 1 aromatic carbocycles. The van der Waals surface area contributed by atoms with Gasteiger partial charge in [0, 0.05) is 24.8 Å². The molecule has 0 aliphatic carbocycles. The second-order valence-corrected chi connectivity index (χ2v) is 4.46. The van der Waals surface area contributed by atoms with Gasteiger partial charge in [0.05, 0.1) is 0 Å². The minimum absolute atomic E-state index is 0.199. The van der Waals surface area contributed by atoms with Gasteiger partial charge in [-0.3, -0.25) is 0 Å². The molecule has 1 atom stereocenters. The molecule has 0 aromatic heterocycles. The van der Waals surface area contributed by atoms with Crippen LogP contribution in [0.25, 0.3) is 0 Å². The Morgan fingerprint density at radius 1 is 1.43 bits per heavy atom. The van der Waals surface area contributed by atoms with E-state index >= 15 is 0 Å². The summed E-state index contributed by atoms with van der Waals surface area (Å²) in [6, 6.07) is 8.66. The van der Waals surface area contributed by atoms with Crippen molar-refractivity contribution in [3.8, 4) is 0 Å². The lowest BCUT2D eigenvalue weighted by atomic mass is 10.1. The molecule has 0 fully saturated rings. The molecule has 0 saturated heterocycles. The van der Waals surface area contributed by atoms with Crippen molar-refractivity contribution in [2.75, 3.05) is 18.0 Å². The van der Waals surface area contributed by atoms with Crippen molar-refractivity contribution in [2.45, 2.75) is 19.9 Å². The molecule has 2 nitrogen and oxygen atoms in total. The van der Waals surface area contributed by atoms with Crippen molar-refractivity contribution in [1.29, 1.82) is 0 Å². The zero-order valence-corrected chi connectivity index (χ0v) is 8.90. The summed E-state index contributed by atoms with van der Waals surface area (Å²) in [5.74, 6) is 0.688. The van der Waals surface area contributed by atoms with Gasteiger partial charge in [0.2, 0.25) is 0 Å². The van der Waals surface area contributed by atoms with Crippen LogP contribution >= 0.6 is 0 Å². The zero-order valence-electron chi connectivity index (χ0n) is 8.90. The maximum absolute atomic E-state index is 6.07. The smallest absolute Gasteiger partial charge is 0.0493 e. The number of hydrogen-bond acceptors (Lipinski definition) is 2. The van der Waals surface area contributed by atoms with E-state index in [1.54, 1.807) is 0 Å². The van der Waals surface area contributed by atoms with E-state index in [1.807, 2.05) is 0 Å². The van der Waals surface area contributed by atoms with Crippen LogP contribution in [0.3, 0.4) is 0 Å². The fraction of sp³-hybridized carbons (Fsp3) is 0.500. The lowest BCUT2D eigenvalue weighted by Gasteiger charge is -2.21. The van der Waals surface area contributed by atoms with Crippen LogP contribution in [0.15, 0.2) is 24.3 Å². The molecule has 2 heteroatoms. The number of rotatable bonds is 2. The van der Waals surface area contributed by atoms with E-state index in [-0.39, 0.29) is 6.04 Å². The maximum atomic E-state index is 6.07. The van der Waals surface area contributed by atoms with Crippen LogP contribution in [-0.4, -0.2) is 13.1 Å². The molecular formula is C12H18N2. The lowest BCUT2D eigenvalue weighted by Crippen LogP contribution is -2.28. The molecule has 2 N–H and O–H groups in total. The molecule has 0 radical (unpaired) electrons. The summed E-state index contributed by atoms with van der Waals surface area (Å²) in [5, 5.41) is 0. The first-order chi connectivity index (χ1) is 6.68. The number of hydrogen-bond donors (Lipinski definition) is 1. The molecule has 2 rings (SSSR count). The molecule has 0 spiro atoms. The van der Waals surface area contributed by atoms with Crippen molar-refractivity contribution in [2.24, 2.45) is 11.7 Å². The third kappa shape index (κ3) is 1.62. The lowest BCUT2D eigenvalue weighted by molar-refractivity contribution is 0.603. The van der Waals surface area contributed by atoms with E-state index in [4.69, 9.17) is 5.73 Å². The van der Waals surface area contributed by atoms with Crippen LogP contribution in [0, 0.1) is 5.92 Å². The van der Waals surface area contributed by atoms with Crippen molar-refractivity contribution >= 4 is 5.69 Å². The van der Waals surface area contributed by atoms with E-state index in [1.165, 1.54) is 11.3 Å². The average molecular weight is 190 g/mol. The maximum Gasteiger partial charge on any atom is 0.0493 e. The normalized spacial score (nSPS) is 20.3. The van der Waals surface area contributed by atoms with Crippen molar-refractivity contribution < 1.29 is 0 Å². The molecule has 1 unspecified atom stereocenters. The van der Waals surface area contributed by atoms with Gasteiger partial charge in [-0.05, 0) is 17.5 Å². The monoisotopic (exact) mass is 190 g/mol. The third-order valence-electron chi connectivity index (χ3n) is 2.68. The van der Waals surface area contributed by atoms with Crippen LogP contribution in [0.2, 0.25) is 0 Å². The number of nitrogens with two attached hydrogens (primary N) is 1. The van der Waals surface area contributed by atoms with Gasteiger partial charge < -0.3 is 10.6 Å². The number of nitrogens with zero attached hydrogens (tertiary/aromatic N) is 1. The highest BCUT2D eigenvalue weighted by molar-refractivity contribution is 5.59. The number of benzene rings is 1. The summed E-state index contributed by atoms with van der Waals surface area (Å²) in [5.41, 5.74) is 8.70. The number of anilines is 1. The minimum Gasteiger partial charge on any atom is -0.369 e. The van der Waals surface area contributed by atoms with E-state index in [0.717, 1.165) is 13.1 Å². The molecule has 1 aliphatic rings. The molecule has 76 valence electrons. The predicted molar refractivity (Wildman–Crippen MR) is 60.4 cm³/mol. The first kappa shape index (κ1) is 9.53. The molecule has 1 aromatic rings. The van der Waals surface area contributed by atoms with Crippen LogP contribution in [-0.2, 0) is 0 Å². The van der Waals surface area contributed by atoms with Gasteiger partial charge in [-0.2, -0.15) is 0 Å². The Kier molecular flexibility index (Phi) is 2.46. The second-order valence-electron chi connectivity index (χ2n) is 4.46. The van der Waals surface area contributed by atoms with Crippen LogP contribution in [0.5, 0.6) is 0 Å². The van der Waals surface area contributed by atoms with Crippen molar-refractivity contribution in [3.05, 3.63) is 29.8 Å². The topological polar surface area (TPSA) is 29.3 Å². The molecule has 0 amide bonds. The van der Waals surface area contributed by atoms with Gasteiger partial charge in [-0.25, -0.2) is 0 Å². The summed E-state index contributed by atoms with van der Waals surface area (Å²) >= 11 is 0. The van der Waals surface area contributed by atoms with E-state index < -0.39 is 0 Å². The SMILES string of the molecule is CC(C)CN1CC(N)c2ccccc21. The first-order valence-corrected chi connectivity index (χ1v) is 5.28. The Morgan fingerprint density at radius 3 is 2.86 bits per heavy atom. The standard InChI is InChI=1S/C12H18N2/c1-9(2)7-14-8-11(13)10-5-3-4-6-12(10)14/h3-6,9,11H,7-8,13H2,1-2H3. The van der Waals surface area contributed by atoms with Gasteiger partial charge in [-0.15, -0.1) is 0 Å². The molecule has 0 bridgehead atoms. The highest BCUT2D eigenvalue weighted by atomic mass is 15.2. The van der Waals surface area contributed by atoms with Crippen LogP contribution in [0.4, 0.5) is 5.69 Å². The minimum atomic E-state index is 0.199. The Hall–Kier alpha value is -1.02. The van der Waals surface area contributed by atoms with Gasteiger partial charge in [0.25, 0.3) is 0 Å². The largest absolute Gasteiger partial charge is 0.369 e. The zero-order chi connectivity index (χ0) is 10.1. The van der Waals surface area contributed by atoms with Crippen LogP contribution in [0.1, 0.15) is 25.5 Å². The summed E-state index contributed by atoms with van der Waals surface area (Å²) in [4.78, 5) is 2.39. The Balaban J connectivity index is 2.25.